The molecule has 0 aliphatic carbocycles. The van der Waals surface area contributed by atoms with Crippen LogP contribution in [0.3, 0.4) is 0 Å². The first-order valence-electron chi connectivity index (χ1n) is 8.02. The summed E-state index contributed by atoms with van der Waals surface area (Å²) in [6.45, 7) is 1.52. The number of hydrogen-bond donors (Lipinski definition) is 0. The lowest BCUT2D eigenvalue weighted by Crippen LogP contribution is -2.23. The molecule has 3 nitrogen and oxygen atoms in total. The molecule has 24 heavy (non-hydrogen) atoms. The van der Waals surface area contributed by atoms with Crippen LogP contribution in [0.2, 0.25) is 0 Å². The van der Waals surface area contributed by atoms with E-state index in [1.54, 1.807) is 20.3 Å². The first-order chi connectivity index (χ1) is 11.6. The summed E-state index contributed by atoms with van der Waals surface area (Å²) in [5, 5.41) is 0. The zero-order valence-corrected chi connectivity index (χ0v) is 13.9. The molecular weight excluding hydrogens is 312 g/mol. The fraction of sp³-hybridized carbons (Fsp3) is 0.368. The highest BCUT2D eigenvalue weighted by atomic mass is 19.2. The number of ether oxygens (including phenoxy) is 2. The maximum absolute atomic E-state index is 13.4. The largest absolute Gasteiger partial charge is 0.493 e. The Hall–Kier alpha value is -2.14. The van der Waals surface area contributed by atoms with Gasteiger partial charge in [-0.15, -0.1) is 0 Å². The second kappa shape index (κ2) is 7.18. The molecule has 0 amide bonds. The van der Waals surface area contributed by atoms with E-state index < -0.39 is 11.6 Å². The summed E-state index contributed by atoms with van der Waals surface area (Å²) in [6, 6.07) is 10.3. The van der Waals surface area contributed by atoms with Gasteiger partial charge in [0.1, 0.15) is 0 Å². The van der Waals surface area contributed by atoms with Gasteiger partial charge in [-0.25, -0.2) is 8.78 Å². The second-order valence-electron chi connectivity index (χ2n) is 5.99. The number of methoxy groups -OCH3 is 2. The van der Waals surface area contributed by atoms with Crippen molar-refractivity contribution in [3.8, 4) is 11.5 Å². The number of rotatable bonds is 5. The van der Waals surface area contributed by atoms with E-state index in [2.05, 4.69) is 4.90 Å². The Balaban J connectivity index is 1.81. The number of benzene rings is 2. The quantitative estimate of drug-likeness (QED) is 0.813. The van der Waals surface area contributed by atoms with E-state index in [0.717, 1.165) is 30.5 Å². The summed E-state index contributed by atoms with van der Waals surface area (Å²) < 4.78 is 37.2. The molecule has 1 aliphatic rings. The van der Waals surface area contributed by atoms with Crippen molar-refractivity contribution < 1.29 is 18.3 Å². The first kappa shape index (κ1) is 16.7. The van der Waals surface area contributed by atoms with Gasteiger partial charge in [-0.1, -0.05) is 12.1 Å². The molecule has 3 rings (SSSR count). The third-order valence-corrected chi connectivity index (χ3v) is 4.53. The van der Waals surface area contributed by atoms with Crippen LogP contribution in [-0.4, -0.2) is 25.7 Å². The highest BCUT2D eigenvalue weighted by molar-refractivity contribution is 5.44. The summed E-state index contributed by atoms with van der Waals surface area (Å²) in [7, 11) is 3.23. The number of halogens is 2. The molecular formula is C19H21F2NO2. The van der Waals surface area contributed by atoms with Crippen LogP contribution in [0.1, 0.15) is 30.0 Å². The molecule has 0 spiro atoms. The Kier molecular flexibility index (Phi) is 5.00. The maximum atomic E-state index is 13.4. The van der Waals surface area contributed by atoms with Gasteiger partial charge >= 0.3 is 0 Å². The molecule has 1 aliphatic heterocycles. The Morgan fingerprint density at radius 2 is 1.79 bits per heavy atom. The van der Waals surface area contributed by atoms with Crippen molar-refractivity contribution in [2.24, 2.45) is 0 Å². The van der Waals surface area contributed by atoms with Crippen molar-refractivity contribution in [1.82, 2.24) is 4.90 Å². The third kappa shape index (κ3) is 3.36. The Bertz CT molecular complexity index is 721. The topological polar surface area (TPSA) is 21.7 Å². The van der Waals surface area contributed by atoms with E-state index in [-0.39, 0.29) is 6.04 Å². The van der Waals surface area contributed by atoms with E-state index in [0.29, 0.717) is 18.0 Å². The van der Waals surface area contributed by atoms with Crippen LogP contribution in [-0.2, 0) is 6.54 Å². The molecule has 1 heterocycles. The number of likely N-dealkylation sites (tertiary alicyclic amines) is 1. The van der Waals surface area contributed by atoms with Crippen molar-refractivity contribution in [2.45, 2.75) is 25.4 Å². The first-order valence-corrected chi connectivity index (χ1v) is 8.02. The summed E-state index contributed by atoms with van der Waals surface area (Å²) in [6.07, 6.45) is 2.10. The Labute approximate surface area is 140 Å². The van der Waals surface area contributed by atoms with E-state index >= 15 is 0 Å². The Morgan fingerprint density at radius 3 is 2.50 bits per heavy atom. The van der Waals surface area contributed by atoms with Crippen LogP contribution < -0.4 is 9.47 Å². The highest BCUT2D eigenvalue weighted by Gasteiger charge is 2.27. The molecule has 5 heteroatoms. The lowest BCUT2D eigenvalue weighted by Gasteiger charge is -2.25. The fourth-order valence-electron chi connectivity index (χ4n) is 3.33. The van der Waals surface area contributed by atoms with E-state index in [1.807, 2.05) is 18.2 Å². The van der Waals surface area contributed by atoms with Gasteiger partial charge in [0.05, 0.1) is 14.2 Å². The summed E-state index contributed by atoms with van der Waals surface area (Å²) in [5.74, 6) is -0.202. The molecule has 1 atom stereocenters. The second-order valence-corrected chi connectivity index (χ2v) is 5.99. The van der Waals surface area contributed by atoms with Gasteiger partial charge in [0.2, 0.25) is 0 Å². The molecule has 1 unspecified atom stereocenters. The number of nitrogens with zero attached hydrogens (tertiary/aromatic N) is 1. The molecule has 128 valence electrons. The van der Waals surface area contributed by atoms with Crippen LogP contribution in [0.15, 0.2) is 36.4 Å². The zero-order valence-electron chi connectivity index (χ0n) is 13.9. The molecule has 0 aromatic heterocycles. The molecule has 1 fully saturated rings. The molecule has 0 saturated carbocycles. The monoisotopic (exact) mass is 333 g/mol. The highest BCUT2D eigenvalue weighted by Crippen LogP contribution is 2.37. The van der Waals surface area contributed by atoms with Gasteiger partial charge in [-0.3, -0.25) is 4.90 Å². The van der Waals surface area contributed by atoms with Gasteiger partial charge in [-0.05, 0) is 54.8 Å². The van der Waals surface area contributed by atoms with Crippen molar-refractivity contribution in [2.75, 3.05) is 20.8 Å². The minimum absolute atomic E-state index is 0.234. The SMILES string of the molecule is COc1ccc(C2CCCN2Cc2ccc(F)c(F)c2)cc1OC. The van der Waals surface area contributed by atoms with Crippen LogP contribution in [0.5, 0.6) is 11.5 Å². The van der Waals surface area contributed by atoms with Crippen LogP contribution in [0.25, 0.3) is 0 Å². The lowest BCUT2D eigenvalue weighted by atomic mass is 10.0. The van der Waals surface area contributed by atoms with Gasteiger partial charge < -0.3 is 9.47 Å². The maximum Gasteiger partial charge on any atom is 0.161 e. The van der Waals surface area contributed by atoms with Gasteiger partial charge in [0, 0.05) is 12.6 Å². The van der Waals surface area contributed by atoms with Crippen molar-refractivity contribution in [1.29, 1.82) is 0 Å². The minimum atomic E-state index is -0.809. The van der Waals surface area contributed by atoms with E-state index in [1.165, 1.54) is 12.1 Å². The smallest absolute Gasteiger partial charge is 0.161 e. The van der Waals surface area contributed by atoms with E-state index in [4.69, 9.17) is 9.47 Å². The predicted molar refractivity (Wildman–Crippen MR) is 88.3 cm³/mol. The third-order valence-electron chi connectivity index (χ3n) is 4.53. The average Bonchev–Trinajstić information content (AvgIpc) is 3.05. The standard InChI is InChI=1S/C19H21F2NO2/c1-23-18-8-6-14(11-19(18)24-2)17-4-3-9-22(17)12-13-5-7-15(20)16(21)10-13/h5-8,10-11,17H,3-4,9,12H2,1-2H3. The average molecular weight is 333 g/mol. The number of hydrogen-bond acceptors (Lipinski definition) is 3. The van der Waals surface area contributed by atoms with Gasteiger partial charge in [0.25, 0.3) is 0 Å². The van der Waals surface area contributed by atoms with Crippen molar-refractivity contribution >= 4 is 0 Å². The minimum Gasteiger partial charge on any atom is -0.493 e. The Morgan fingerprint density at radius 1 is 1.00 bits per heavy atom. The van der Waals surface area contributed by atoms with Crippen molar-refractivity contribution in [3.05, 3.63) is 59.2 Å². The predicted octanol–water partition coefficient (Wildman–Crippen LogP) is 4.32. The van der Waals surface area contributed by atoms with Crippen LogP contribution in [0.4, 0.5) is 8.78 Å². The van der Waals surface area contributed by atoms with Crippen LogP contribution in [0, 0.1) is 11.6 Å². The molecule has 2 aromatic rings. The summed E-state index contributed by atoms with van der Waals surface area (Å²) in [5.41, 5.74) is 1.93. The van der Waals surface area contributed by atoms with Gasteiger partial charge in [0.15, 0.2) is 23.1 Å². The van der Waals surface area contributed by atoms with E-state index in [9.17, 15) is 8.78 Å². The zero-order chi connectivity index (χ0) is 17.1. The van der Waals surface area contributed by atoms with Gasteiger partial charge in [-0.2, -0.15) is 0 Å². The molecule has 0 N–H and O–H groups in total. The summed E-state index contributed by atoms with van der Waals surface area (Å²) >= 11 is 0. The molecule has 1 saturated heterocycles. The van der Waals surface area contributed by atoms with Crippen LogP contribution >= 0.6 is 0 Å². The lowest BCUT2D eigenvalue weighted by molar-refractivity contribution is 0.247. The molecule has 2 aromatic carbocycles. The summed E-state index contributed by atoms with van der Waals surface area (Å²) in [4.78, 5) is 2.29. The molecule has 0 radical (unpaired) electrons. The fourth-order valence-corrected chi connectivity index (χ4v) is 3.33. The molecule has 0 bridgehead atoms. The van der Waals surface area contributed by atoms with Crippen molar-refractivity contribution in [3.63, 3.8) is 0 Å². The normalized spacial score (nSPS) is 17.9.